The van der Waals surface area contributed by atoms with Crippen LogP contribution in [0.3, 0.4) is 0 Å². The van der Waals surface area contributed by atoms with Gasteiger partial charge in [-0.15, -0.1) is 11.3 Å². The first-order valence-corrected chi connectivity index (χ1v) is 8.54. The van der Waals surface area contributed by atoms with Gasteiger partial charge in [0.1, 0.15) is 4.88 Å². The van der Waals surface area contributed by atoms with Crippen LogP contribution in [-0.2, 0) is 7.05 Å². The normalized spacial score (nSPS) is 18.2. The number of ketones is 1. The van der Waals surface area contributed by atoms with Gasteiger partial charge in [-0.05, 0) is 26.7 Å². The zero-order chi connectivity index (χ0) is 16.6. The molecule has 0 N–H and O–H groups in total. The van der Waals surface area contributed by atoms with Crippen LogP contribution in [0.15, 0.2) is 12.4 Å². The Bertz CT molecular complexity index is 749. The van der Waals surface area contributed by atoms with Crippen LogP contribution in [0.5, 0.6) is 0 Å². The highest BCUT2D eigenvalue weighted by Crippen LogP contribution is 2.25. The molecule has 0 spiro atoms. The summed E-state index contributed by atoms with van der Waals surface area (Å²) < 4.78 is 1.74. The quantitative estimate of drug-likeness (QED) is 0.808. The van der Waals surface area contributed by atoms with Crippen LogP contribution in [0.25, 0.3) is 0 Å². The maximum atomic E-state index is 12.7. The van der Waals surface area contributed by atoms with E-state index in [1.165, 1.54) is 11.3 Å². The molecule has 2 aromatic heterocycles. The lowest BCUT2D eigenvalue weighted by molar-refractivity contribution is 0.0636. The molecule has 7 heteroatoms. The number of nitrogens with zero attached hydrogens (tertiary/aromatic N) is 4. The van der Waals surface area contributed by atoms with E-state index in [-0.39, 0.29) is 17.6 Å². The van der Waals surface area contributed by atoms with Gasteiger partial charge in [0.25, 0.3) is 5.91 Å². The topological polar surface area (TPSA) is 68.1 Å². The minimum absolute atomic E-state index is 0.00885. The van der Waals surface area contributed by atoms with Crippen LogP contribution in [0.4, 0.5) is 0 Å². The van der Waals surface area contributed by atoms with Crippen LogP contribution >= 0.6 is 11.3 Å². The van der Waals surface area contributed by atoms with E-state index in [4.69, 9.17) is 0 Å². The molecule has 0 radical (unpaired) electrons. The number of likely N-dealkylation sites (tertiary alicyclic amines) is 1. The number of thiazole rings is 1. The van der Waals surface area contributed by atoms with Gasteiger partial charge in [-0.3, -0.25) is 9.59 Å². The number of amides is 1. The third-order valence-electron chi connectivity index (χ3n) is 4.22. The monoisotopic (exact) mass is 332 g/mol. The first kappa shape index (κ1) is 15.9. The molecule has 23 heavy (non-hydrogen) atoms. The average Bonchev–Trinajstić information content (AvgIpc) is 3.11. The van der Waals surface area contributed by atoms with Crippen molar-refractivity contribution in [2.75, 3.05) is 13.1 Å². The van der Waals surface area contributed by atoms with Crippen LogP contribution < -0.4 is 0 Å². The van der Waals surface area contributed by atoms with E-state index in [9.17, 15) is 9.59 Å². The summed E-state index contributed by atoms with van der Waals surface area (Å²) in [5.74, 6) is 0.301. The van der Waals surface area contributed by atoms with Crippen LogP contribution in [0, 0.1) is 19.8 Å². The van der Waals surface area contributed by atoms with E-state index < -0.39 is 0 Å². The van der Waals surface area contributed by atoms with Crippen molar-refractivity contribution in [2.24, 2.45) is 13.0 Å². The van der Waals surface area contributed by atoms with Gasteiger partial charge in [0.15, 0.2) is 5.82 Å². The second kappa shape index (κ2) is 6.23. The molecule has 0 aromatic carbocycles. The first-order valence-electron chi connectivity index (χ1n) is 7.72. The summed E-state index contributed by atoms with van der Waals surface area (Å²) in [6.45, 7) is 4.91. The number of imidazole rings is 1. The zero-order valence-electron chi connectivity index (χ0n) is 13.6. The first-order chi connectivity index (χ1) is 11.0. The predicted octanol–water partition coefficient (Wildman–Crippen LogP) is 2.23. The molecule has 1 atom stereocenters. The Morgan fingerprint density at radius 2 is 2.13 bits per heavy atom. The lowest BCUT2D eigenvalue weighted by atomic mass is 9.93. The number of aromatic nitrogens is 3. The molecule has 1 saturated heterocycles. The molecule has 0 unspecified atom stereocenters. The fraction of sp³-hybridized carbons (Fsp3) is 0.500. The molecule has 0 saturated carbocycles. The summed E-state index contributed by atoms with van der Waals surface area (Å²) in [6.07, 6.45) is 5.03. The largest absolute Gasteiger partial charge is 0.337 e. The summed E-state index contributed by atoms with van der Waals surface area (Å²) >= 11 is 1.42. The average molecular weight is 332 g/mol. The highest BCUT2D eigenvalue weighted by Gasteiger charge is 2.32. The predicted molar refractivity (Wildman–Crippen MR) is 87.8 cm³/mol. The summed E-state index contributed by atoms with van der Waals surface area (Å²) in [5.41, 5.74) is 0.773. The van der Waals surface area contributed by atoms with E-state index in [0.717, 1.165) is 23.5 Å². The fourth-order valence-corrected chi connectivity index (χ4v) is 3.92. The van der Waals surface area contributed by atoms with Crippen molar-refractivity contribution < 1.29 is 9.59 Å². The molecule has 3 heterocycles. The maximum absolute atomic E-state index is 12.7. The van der Waals surface area contributed by atoms with Gasteiger partial charge in [-0.25, -0.2) is 9.97 Å². The minimum atomic E-state index is -0.178. The van der Waals surface area contributed by atoms with Gasteiger partial charge in [0.2, 0.25) is 5.78 Å². The van der Waals surface area contributed by atoms with Crippen molar-refractivity contribution in [3.8, 4) is 0 Å². The van der Waals surface area contributed by atoms with Crippen LogP contribution in [-0.4, -0.2) is 44.2 Å². The highest BCUT2D eigenvalue weighted by atomic mass is 32.1. The number of rotatable bonds is 3. The number of piperidine rings is 1. The maximum Gasteiger partial charge on any atom is 0.265 e. The third-order valence-corrected chi connectivity index (χ3v) is 5.28. The van der Waals surface area contributed by atoms with Crippen molar-refractivity contribution in [1.29, 1.82) is 0 Å². The fourth-order valence-electron chi connectivity index (χ4n) is 3.03. The molecule has 6 nitrogen and oxygen atoms in total. The smallest absolute Gasteiger partial charge is 0.265 e. The summed E-state index contributed by atoms with van der Waals surface area (Å²) in [4.78, 5) is 36.3. The molecule has 122 valence electrons. The molecule has 0 aliphatic carbocycles. The van der Waals surface area contributed by atoms with E-state index in [1.54, 1.807) is 21.9 Å². The van der Waals surface area contributed by atoms with Crippen molar-refractivity contribution in [3.05, 3.63) is 33.8 Å². The highest BCUT2D eigenvalue weighted by molar-refractivity contribution is 7.13. The van der Waals surface area contributed by atoms with Crippen molar-refractivity contribution in [2.45, 2.75) is 26.7 Å². The molecule has 1 aliphatic rings. The van der Waals surface area contributed by atoms with E-state index in [0.29, 0.717) is 23.8 Å². The van der Waals surface area contributed by atoms with Gasteiger partial charge in [-0.2, -0.15) is 0 Å². The van der Waals surface area contributed by atoms with Gasteiger partial charge in [0.05, 0.1) is 10.7 Å². The second-order valence-electron chi connectivity index (χ2n) is 5.96. The number of hydrogen-bond donors (Lipinski definition) is 0. The number of Topliss-reactive ketones (excluding diaryl/α,β-unsaturated/α-hetero) is 1. The molecule has 2 aromatic rings. The SMILES string of the molecule is Cc1nc(C)c(C(=O)N2CCC[C@H](C(=O)c3nccn3C)C2)s1. The molecular weight excluding hydrogens is 312 g/mol. The van der Waals surface area contributed by atoms with Crippen LogP contribution in [0.2, 0.25) is 0 Å². The molecule has 3 rings (SSSR count). The Kier molecular flexibility index (Phi) is 4.30. The molecule has 1 fully saturated rings. The number of hydrogen-bond acceptors (Lipinski definition) is 5. The van der Waals surface area contributed by atoms with E-state index >= 15 is 0 Å². The Morgan fingerprint density at radius 3 is 2.74 bits per heavy atom. The lowest BCUT2D eigenvalue weighted by Gasteiger charge is -2.31. The van der Waals surface area contributed by atoms with Crippen molar-refractivity contribution in [1.82, 2.24) is 19.4 Å². The summed E-state index contributed by atoms with van der Waals surface area (Å²) in [5, 5.41) is 0.892. The van der Waals surface area contributed by atoms with Gasteiger partial charge in [-0.1, -0.05) is 0 Å². The lowest BCUT2D eigenvalue weighted by Crippen LogP contribution is -2.42. The standard InChI is InChI=1S/C16H20N4O2S/c1-10-14(23-11(2)18-10)16(22)20-7-4-5-12(9-20)13(21)15-17-6-8-19(15)3/h6,8,12H,4-5,7,9H2,1-3H3/t12-/m0/s1. The van der Waals surface area contributed by atoms with Gasteiger partial charge >= 0.3 is 0 Å². The number of carbonyl (C=O) groups excluding carboxylic acids is 2. The molecular formula is C16H20N4O2S. The second-order valence-corrected chi connectivity index (χ2v) is 7.17. The Morgan fingerprint density at radius 1 is 1.35 bits per heavy atom. The minimum Gasteiger partial charge on any atom is -0.337 e. The molecule has 0 bridgehead atoms. The molecule has 1 amide bonds. The number of aryl methyl sites for hydroxylation is 3. The van der Waals surface area contributed by atoms with E-state index in [2.05, 4.69) is 9.97 Å². The zero-order valence-corrected chi connectivity index (χ0v) is 14.4. The Balaban J connectivity index is 1.76. The Hall–Kier alpha value is -2.02. The Labute approximate surface area is 139 Å². The molecule has 1 aliphatic heterocycles. The third kappa shape index (κ3) is 3.06. The van der Waals surface area contributed by atoms with E-state index in [1.807, 2.05) is 20.9 Å². The summed E-state index contributed by atoms with van der Waals surface area (Å²) in [7, 11) is 1.81. The number of carbonyl (C=O) groups is 2. The summed E-state index contributed by atoms with van der Waals surface area (Å²) in [6, 6.07) is 0. The van der Waals surface area contributed by atoms with Crippen LogP contribution in [0.1, 0.15) is 43.8 Å². The van der Waals surface area contributed by atoms with Gasteiger partial charge < -0.3 is 9.47 Å². The van der Waals surface area contributed by atoms with Crippen molar-refractivity contribution in [3.63, 3.8) is 0 Å². The van der Waals surface area contributed by atoms with Gasteiger partial charge in [0, 0.05) is 38.4 Å². The van der Waals surface area contributed by atoms with Crippen molar-refractivity contribution >= 4 is 23.0 Å².